The van der Waals surface area contributed by atoms with Gasteiger partial charge in [-0.3, -0.25) is 14.6 Å². The second-order valence-corrected chi connectivity index (χ2v) is 8.38. The van der Waals surface area contributed by atoms with E-state index in [-0.39, 0.29) is 28.8 Å². The number of ether oxygens (including phenoxy) is 2. The van der Waals surface area contributed by atoms with Crippen molar-refractivity contribution in [3.63, 3.8) is 0 Å². The number of anilines is 3. The maximum absolute atomic E-state index is 12.6. The van der Waals surface area contributed by atoms with Crippen molar-refractivity contribution in [1.29, 1.82) is 0 Å². The lowest BCUT2D eigenvalue weighted by atomic mass is 10.0. The van der Waals surface area contributed by atoms with Crippen LogP contribution in [0.4, 0.5) is 43.4 Å². The predicted octanol–water partition coefficient (Wildman–Crippen LogP) is 4.69. The second kappa shape index (κ2) is 13.1. The normalized spacial score (nSPS) is 11.2. The van der Waals surface area contributed by atoms with Gasteiger partial charge in [-0.05, 0) is 29.8 Å². The van der Waals surface area contributed by atoms with E-state index >= 15 is 0 Å². The molecule has 0 spiro atoms. The van der Waals surface area contributed by atoms with Gasteiger partial charge in [-0.15, -0.1) is 0 Å². The van der Waals surface area contributed by atoms with E-state index in [9.17, 15) is 35.9 Å². The molecule has 5 N–H and O–H groups in total. The minimum atomic E-state index is -5.08. The number of carbonyl (C=O) groups excluding carboxylic acids is 2. The molecule has 4 aromatic rings. The number of carboxylic acid groups (broad SMARTS) is 1. The molecule has 18 heteroatoms. The fourth-order valence-corrected chi connectivity index (χ4v) is 3.51. The zero-order chi connectivity index (χ0) is 32.8. The van der Waals surface area contributed by atoms with Gasteiger partial charge in [-0.2, -0.15) is 31.3 Å². The number of hydrogen-bond acceptors (Lipinski definition) is 9. The highest BCUT2D eigenvalue weighted by atomic mass is 19.4. The summed E-state index contributed by atoms with van der Waals surface area (Å²) in [6, 6.07) is 10.8. The van der Waals surface area contributed by atoms with Crippen LogP contribution < -0.4 is 25.8 Å². The summed E-state index contributed by atoms with van der Waals surface area (Å²) >= 11 is 0. The van der Waals surface area contributed by atoms with E-state index in [0.29, 0.717) is 27.7 Å². The molecule has 0 fully saturated rings. The Hall–Kier alpha value is -5.68. The third-order valence-corrected chi connectivity index (χ3v) is 5.44. The molecule has 0 aliphatic carbocycles. The van der Waals surface area contributed by atoms with E-state index in [0.717, 1.165) is 0 Å². The van der Waals surface area contributed by atoms with Gasteiger partial charge in [0, 0.05) is 29.2 Å². The standard InChI is InChI=1S/C24H19F3N6O4.C2HF3O2/c1-36-21-16(10-30-23(33-21)37-2)12-6-7-15-18(8-12)29-11-17(20(28)34)19(15)31-13-4-3-5-14(9-13)32-22(35)24(25,26)27;3-2(4,5)1(6)7/h3-11H,1-2H3,(H2,28,34)(H,29,31)(H,32,35);(H,6,7). The van der Waals surface area contributed by atoms with E-state index in [1.807, 2.05) is 0 Å². The van der Waals surface area contributed by atoms with Crippen LogP contribution in [0.5, 0.6) is 11.9 Å². The quantitative estimate of drug-likeness (QED) is 0.210. The number of rotatable bonds is 7. The topological polar surface area (TPSA) is 179 Å². The molecule has 0 aliphatic rings. The lowest BCUT2D eigenvalue weighted by molar-refractivity contribution is -0.192. The van der Waals surface area contributed by atoms with Gasteiger partial charge >= 0.3 is 30.2 Å². The monoisotopic (exact) mass is 626 g/mol. The number of aliphatic carboxylic acids is 1. The van der Waals surface area contributed by atoms with E-state index in [2.05, 4.69) is 20.3 Å². The molecule has 2 aromatic carbocycles. The van der Waals surface area contributed by atoms with Crippen LogP contribution in [0.15, 0.2) is 54.9 Å². The smallest absolute Gasteiger partial charge is 0.480 e. The van der Waals surface area contributed by atoms with Crippen molar-refractivity contribution in [3.8, 4) is 23.0 Å². The van der Waals surface area contributed by atoms with Crippen LogP contribution >= 0.6 is 0 Å². The molecule has 44 heavy (non-hydrogen) atoms. The molecule has 2 aromatic heterocycles. The van der Waals surface area contributed by atoms with Crippen molar-refractivity contribution in [2.24, 2.45) is 5.73 Å². The number of halogens is 6. The van der Waals surface area contributed by atoms with Gasteiger partial charge in [0.25, 0.3) is 5.91 Å². The highest BCUT2D eigenvalue weighted by molar-refractivity contribution is 6.08. The second-order valence-electron chi connectivity index (χ2n) is 8.38. The van der Waals surface area contributed by atoms with Crippen LogP contribution in [0, 0.1) is 0 Å². The molecule has 0 atom stereocenters. The molecule has 232 valence electrons. The summed E-state index contributed by atoms with van der Waals surface area (Å²) in [4.78, 5) is 44.9. The van der Waals surface area contributed by atoms with Gasteiger partial charge < -0.3 is 30.9 Å². The minimum Gasteiger partial charge on any atom is -0.480 e. The fraction of sp³-hybridized carbons (Fsp3) is 0.154. The van der Waals surface area contributed by atoms with Crippen LogP contribution in [0.2, 0.25) is 0 Å². The zero-order valence-corrected chi connectivity index (χ0v) is 22.4. The van der Waals surface area contributed by atoms with Crippen LogP contribution in [0.3, 0.4) is 0 Å². The van der Waals surface area contributed by atoms with Crippen molar-refractivity contribution in [2.45, 2.75) is 12.4 Å². The Morgan fingerprint density at radius 1 is 0.886 bits per heavy atom. The number of fused-ring (bicyclic) bond motifs is 1. The maximum Gasteiger partial charge on any atom is 0.490 e. The molecule has 0 bridgehead atoms. The summed E-state index contributed by atoms with van der Waals surface area (Å²) in [6.07, 6.45) is -7.31. The number of pyridine rings is 1. The summed E-state index contributed by atoms with van der Waals surface area (Å²) < 4.78 is 80.0. The average molecular weight is 626 g/mol. The Labute approximate surface area is 242 Å². The van der Waals surface area contributed by atoms with Gasteiger partial charge in [-0.1, -0.05) is 18.2 Å². The third kappa shape index (κ3) is 7.99. The molecular formula is C26H20F6N6O6. The number of nitrogens with two attached hydrogens (primary N) is 1. The summed E-state index contributed by atoms with van der Waals surface area (Å²) in [5.41, 5.74) is 7.76. The maximum atomic E-state index is 12.6. The minimum absolute atomic E-state index is 0.0512. The molecule has 0 aliphatic heterocycles. The molecule has 0 saturated heterocycles. The first kappa shape index (κ1) is 32.8. The highest BCUT2D eigenvalue weighted by Gasteiger charge is 2.39. The van der Waals surface area contributed by atoms with Crippen LogP contribution in [-0.2, 0) is 9.59 Å². The number of nitrogens with one attached hydrogen (secondary N) is 2. The Balaban J connectivity index is 0.000000676. The van der Waals surface area contributed by atoms with E-state index in [4.69, 9.17) is 25.1 Å². The number of amides is 2. The molecule has 4 rings (SSSR count). The van der Waals surface area contributed by atoms with Crippen molar-refractivity contribution in [1.82, 2.24) is 15.0 Å². The molecule has 2 heterocycles. The number of nitrogens with zero attached hydrogens (tertiary/aromatic N) is 3. The van der Waals surface area contributed by atoms with Gasteiger partial charge in [0.2, 0.25) is 5.88 Å². The predicted molar refractivity (Wildman–Crippen MR) is 142 cm³/mol. The SMILES string of the molecule is COc1ncc(-c2ccc3c(Nc4cccc(NC(=O)C(F)(F)F)c4)c(C(N)=O)cnc3c2)c(OC)n1.O=C(O)C(F)(F)F. The van der Waals surface area contributed by atoms with Gasteiger partial charge in [0.15, 0.2) is 0 Å². The Bertz CT molecular complexity index is 1710. The molecular weight excluding hydrogens is 606 g/mol. The molecule has 2 amide bonds. The third-order valence-electron chi connectivity index (χ3n) is 5.44. The Kier molecular flexibility index (Phi) is 9.77. The van der Waals surface area contributed by atoms with Gasteiger partial charge in [0.1, 0.15) is 0 Å². The largest absolute Gasteiger partial charge is 0.490 e. The van der Waals surface area contributed by atoms with E-state index in [1.165, 1.54) is 44.8 Å². The first-order valence-electron chi connectivity index (χ1n) is 11.8. The van der Waals surface area contributed by atoms with E-state index < -0.39 is 30.1 Å². The lowest BCUT2D eigenvalue weighted by Crippen LogP contribution is -2.29. The number of carboxylic acids is 1. The Morgan fingerprint density at radius 3 is 2.11 bits per heavy atom. The number of benzene rings is 2. The highest BCUT2D eigenvalue weighted by Crippen LogP contribution is 2.35. The Morgan fingerprint density at radius 2 is 1.55 bits per heavy atom. The van der Waals surface area contributed by atoms with Crippen molar-refractivity contribution >= 4 is 45.7 Å². The van der Waals surface area contributed by atoms with Crippen LogP contribution in [0.25, 0.3) is 22.0 Å². The summed E-state index contributed by atoms with van der Waals surface area (Å²) in [7, 11) is 2.89. The first-order valence-corrected chi connectivity index (χ1v) is 11.8. The average Bonchev–Trinajstić information content (AvgIpc) is 2.96. The molecule has 12 nitrogen and oxygen atoms in total. The number of carbonyl (C=O) groups is 3. The molecule has 0 unspecified atom stereocenters. The van der Waals surface area contributed by atoms with Gasteiger partial charge in [-0.25, -0.2) is 9.78 Å². The molecule has 0 radical (unpaired) electrons. The summed E-state index contributed by atoms with van der Waals surface area (Å²) in [5.74, 6) is -5.36. The van der Waals surface area contributed by atoms with Gasteiger partial charge in [0.05, 0.1) is 36.6 Å². The fourth-order valence-electron chi connectivity index (χ4n) is 3.51. The summed E-state index contributed by atoms with van der Waals surface area (Å²) in [6.45, 7) is 0. The number of hydrogen-bond donors (Lipinski definition) is 4. The number of methoxy groups -OCH3 is 2. The summed E-state index contributed by atoms with van der Waals surface area (Å²) in [5, 5.41) is 12.4. The number of aromatic nitrogens is 3. The first-order chi connectivity index (χ1) is 20.5. The zero-order valence-electron chi connectivity index (χ0n) is 22.4. The van der Waals surface area contributed by atoms with Crippen molar-refractivity contribution in [3.05, 3.63) is 60.4 Å². The van der Waals surface area contributed by atoms with E-state index in [1.54, 1.807) is 29.6 Å². The number of primary amides is 1. The van der Waals surface area contributed by atoms with Crippen LogP contribution in [-0.4, -0.2) is 64.4 Å². The van der Waals surface area contributed by atoms with Crippen molar-refractivity contribution in [2.75, 3.05) is 24.9 Å². The number of alkyl halides is 6. The van der Waals surface area contributed by atoms with Crippen molar-refractivity contribution < 1.29 is 55.3 Å². The lowest BCUT2D eigenvalue weighted by Gasteiger charge is -2.15. The van der Waals surface area contributed by atoms with Crippen LogP contribution in [0.1, 0.15) is 10.4 Å². The molecule has 0 saturated carbocycles.